The number of rotatable bonds is 4. The molecule has 0 unspecified atom stereocenters. The maximum Gasteiger partial charge on any atom is 0.243 e. The van der Waals surface area contributed by atoms with E-state index in [9.17, 15) is 16.8 Å². The standard InChI is InChI=1S/C16H23NO4S2/c1-2-17(15-9-10-22(18,19)12-15)23(20,21)16-8-7-13-5-3-4-6-14(13)11-16/h7-8,11,15H,2-6,9-10,12H2,1H3/t15-/m0/s1. The van der Waals surface area contributed by atoms with Crippen molar-refractivity contribution in [3.8, 4) is 0 Å². The molecule has 0 bridgehead atoms. The molecule has 0 radical (unpaired) electrons. The highest BCUT2D eigenvalue weighted by atomic mass is 32.2. The van der Waals surface area contributed by atoms with E-state index in [4.69, 9.17) is 0 Å². The predicted molar refractivity (Wildman–Crippen MR) is 89.7 cm³/mol. The van der Waals surface area contributed by atoms with Crippen molar-refractivity contribution in [1.29, 1.82) is 0 Å². The van der Waals surface area contributed by atoms with Crippen LogP contribution in [-0.2, 0) is 32.7 Å². The van der Waals surface area contributed by atoms with E-state index >= 15 is 0 Å². The Morgan fingerprint density at radius 2 is 1.87 bits per heavy atom. The number of benzene rings is 1. The molecule has 0 amide bonds. The van der Waals surface area contributed by atoms with Crippen molar-refractivity contribution >= 4 is 19.9 Å². The lowest BCUT2D eigenvalue weighted by atomic mass is 9.92. The third-order valence-corrected chi connectivity index (χ3v) is 8.63. The second-order valence-corrected chi connectivity index (χ2v) is 10.5. The lowest BCUT2D eigenvalue weighted by molar-refractivity contribution is 0.354. The monoisotopic (exact) mass is 357 g/mol. The van der Waals surface area contributed by atoms with Gasteiger partial charge in [0.15, 0.2) is 9.84 Å². The SMILES string of the molecule is CCN([C@H]1CCS(=O)(=O)C1)S(=O)(=O)c1ccc2c(c1)CCCC2. The molecule has 1 atom stereocenters. The summed E-state index contributed by atoms with van der Waals surface area (Å²) in [5.74, 6) is 0.0128. The summed E-state index contributed by atoms with van der Waals surface area (Å²) in [5.41, 5.74) is 2.36. The van der Waals surface area contributed by atoms with Gasteiger partial charge in [-0.1, -0.05) is 13.0 Å². The highest BCUT2D eigenvalue weighted by molar-refractivity contribution is 7.92. The topological polar surface area (TPSA) is 71.5 Å². The first-order valence-corrected chi connectivity index (χ1v) is 11.4. The van der Waals surface area contributed by atoms with Gasteiger partial charge in [0.05, 0.1) is 16.4 Å². The summed E-state index contributed by atoms with van der Waals surface area (Å²) in [6.07, 6.45) is 4.56. The fourth-order valence-electron chi connectivity index (χ4n) is 3.63. The van der Waals surface area contributed by atoms with Crippen LogP contribution in [0.25, 0.3) is 0 Å². The second kappa shape index (κ2) is 6.18. The van der Waals surface area contributed by atoms with E-state index < -0.39 is 25.9 Å². The van der Waals surface area contributed by atoms with E-state index in [0.717, 1.165) is 31.2 Å². The zero-order valence-electron chi connectivity index (χ0n) is 13.4. The molecule has 1 aromatic rings. The summed E-state index contributed by atoms with van der Waals surface area (Å²) in [4.78, 5) is 0.296. The molecule has 7 heteroatoms. The fourth-order valence-corrected chi connectivity index (χ4v) is 7.17. The van der Waals surface area contributed by atoms with Gasteiger partial charge in [-0.2, -0.15) is 4.31 Å². The summed E-state index contributed by atoms with van der Waals surface area (Å²) >= 11 is 0. The van der Waals surface area contributed by atoms with Crippen LogP contribution < -0.4 is 0 Å². The normalized spacial score (nSPS) is 23.8. The molecular formula is C16H23NO4S2. The molecule has 1 saturated heterocycles. The van der Waals surface area contributed by atoms with Gasteiger partial charge in [0.1, 0.15) is 0 Å². The van der Waals surface area contributed by atoms with Crippen molar-refractivity contribution < 1.29 is 16.8 Å². The molecular weight excluding hydrogens is 334 g/mol. The minimum atomic E-state index is -3.65. The Hall–Kier alpha value is -0.920. The molecule has 1 fully saturated rings. The van der Waals surface area contributed by atoms with Crippen LogP contribution in [0.4, 0.5) is 0 Å². The summed E-state index contributed by atoms with van der Waals surface area (Å²) < 4.78 is 50.7. The molecule has 128 valence electrons. The minimum absolute atomic E-state index is 0.0645. The zero-order valence-corrected chi connectivity index (χ0v) is 15.0. The molecule has 23 heavy (non-hydrogen) atoms. The first-order chi connectivity index (χ1) is 10.8. The Labute approximate surface area is 138 Å². The maximum atomic E-state index is 13.0. The number of sulfonamides is 1. The average Bonchev–Trinajstić information content (AvgIpc) is 2.87. The lowest BCUT2D eigenvalue weighted by Crippen LogP contribution is -2.40. The molecule has 0 N–H and O–H groups in total. The number of aryl methyl sites for hydroxylation is 2. The highest BCUT2D eigenvalue weighted by Crippen LogP contribution is 2.28. The molecule has 0 saturated carbocycles. The van der Waals surface area contributed by atoms with Crippen molar-refractivity contribution in [2.45, 2.75) is 50.0 Å². The van der Waals surface area contributed by atoms with Crippen molar-refractivity contribution in [3.63, 3.8) is 0 Å². The van der Waals surface area contributed by atoms with Crippen LogP contribution in [0.2, 0.25) is 0 Å². The Morgan fingerprint density at radius 1 is 1.17 bits per heavy atom. The van der Waals surface area contributed by atoms with Crippen molar-refractivity contribution in [2.75, 3.05) is 18.1 Å². The lowest BCUT2D eigenvalue weighted by Gasteiger charge is -2.26. The van der Waals surface area contributed by atoms with Crippen LogP contribution in [0.15, 0.2) is 23.1 Å². The first kappa shape index (κ1) is 16.9. The molecule has 1 heterocycles. The average molecular weight is 357 g/mol. The molecule has 1 aromatic carbocycles. The second-order valence-electron chi connectivity index (χ2n) is 6.40. The van der Waals surface area contributed by atoms with Gasteiger partial charge in [-0.05, 0) is 55.4 Å². The van der Waals surface area contributed by atoms with Gasteiger partial charge in [0.25, 0.3) is 0 Å². The minimum Gasteiger partial charge on any atom is -0.229 e. The molecule has 0 aromatic heterocycles. The Morgan fingerprint density at radius 3 is 2.48 bits per heavy atom. The van der Waals surface area contributed by atoms with Crippen LogP contribution in [0, 0.1) is 0 Å². The quantitative estimate of drug-likeness (QED) is 0.823. The molecule has 0 spiro atoms. The largest absolute Gasteiger partial charge is 0.243 e. The molecule has 3 rings (SSSR count). The first-order valence-electron chi connectivity index (χ1n) is 8.17. The predicted octanol–water partition coefficient (Wildman–Crippen LogP) is 1.76. The van der Waals surface area contributed by atoms with Gasteiger partial charge in [-0.15, -0.1) is 0 Å². The fraction of sp³-hybridized carbons (Fsp3) is 0.625. The molecule has 5 nitrogen and oxygen atoms in total. The van der Waals surface area contributed by atoms with Gasteiger partial charge in [0.2, 0.25) is 10.0 Å². The van der Waals surface area contributed by atoms with E-state index in [1.54, 1.807) is 19.1 Å². The molecule has 1 aliphatic carbocycles. The smallest absolute Gasteiger partial charge is 0.229 e. The van der Waals surface area contributed by atoms with Crippen LogP contribution in [0.3, 0.4) is 0 Å². The van der Waals surface area contributed by atoms with E-state index in [1.807, 2.05) is 6.07 Å². The van der Waals surface area contributed by atoms with Crippen molar-refractivity contribution in [3.05, 3.63) is 29.3 Å². The summed E-state index contributed by atoms with van der Waals surface area (Å²) in [5, 5.41) is 0. The molecule has 1 aliphatic heterocycles. The van der Waals surface area contributed by atoms with Crippen LogP contribution >= 0.6 is 0 Å². The van der Waals surface area contributed by atoms with E-state index in [2.05, 4.69) is 0 Å². The molecule has 2 aliphatic rings. The van der Waals surface area contributed by atoms with Crippen LogP contribution in [0.1, 0.15) is 37.3 Å². The van der Waals surface area contributed by atoms with Gasteiger partial charge in [-0.3, -0.25) is 0 Å². The number of fused-ring (bicyclic) bond motifs is 1. The highest BCUT2D eigenvalue weighted by Gasteiger charge is 2.38. The van der Waals surface area contributed by atoms with E-state index in [1.165, 1.54) is 9.87 Å². The number of hydrogen-bond acceptors (Lipinski definition) is 4. The van der Waals surface area contributed by atoms with Gasteiger partial charge < -0.3 is 0 Å². The number of nitrogens with zero attached hydrogens (tertiary/aromatic N) is 1. The Bertz CT molecular complexity index is 799. The Kier molecular flexibility index (Phi) is 4.55. The summed E-state index contributed by atoms with van der Waals surface area (Å²) in [6, 6.07) is 4.94. The van der Waals surface area contributed by atoms with Crippen molar-refractivity contribution in [1.82, 2.24) is 4.31 Å². The van der Waals surface area contributed by atoms with Gasteiger partial charge >= 0.3 is 0 Å². The summed E-state index contributed by atoms with van der Waals surface area (Å²) in [6.45, 7) is 2.06. The number of hydrogen-bond donors (Lipinski definition) is 0. The third kappa shape index (κ3) is 3.32. The van der Waals surface area contributed by atoms with Crippen LogP contribution in [-0.4, -0.2) is 45.2 Å². The third-order valence-electron chi connectivity index (χ3n) is 4.85. The maximum absolute atomic E-state index is 13.0. The summed E-state index contributed by atoms with van der Waals surface area (Å²) in [7, 11) is -6.76. The van der Waals surface area contributed by atoms with E-state index in [-0.39, 0.29) is 11.5 Å². The van der Waals surface area contributed by atoms with Gasteiger partial charge in [0, 0.05) is 12.6 Å². The van der Waals surface area contributed by atoms with Crippen molar-refractivity contribution in [2.24, 2.45) is 0 Å². The number of sulfone groups is 1. The Balaban J connectivity index is 1.93. The van der Waals surface area contributed by atoms with Gasteiger partial charge in [-0.25, -0.2) is 16.8 Å². The van der Waals surface area contributed by atoms with Crippen LogP contribution in [0.5, 0.6) is 0 Å². The zero-order chi connectivity index (χ0) is 16.7. The van der Waals surface area contributed by atoms with E-state index in [0.29, 0.717) is 17.9 Å².